The topological polar surface area (TPSA) is 29.4 Å². The minimum atomic E-state index is -0.651. The molecule has 1 amide bonds. The maximum atomic E-state index is 14.0. The van der Waals surface area contributed by atoms with Crippen LogP contribution in [0.15, 0.2) is 17.1 Å². The average Bonchev–Trinajstić information content (AvgIpc) is 3.10. The number of hydrogen-bond donors (Lipinski definition) is 0. The van der Waals surface area contributed by atoms with Crippen LogP contribution in [0.25, 0.3) is 0 Å². The lowest BCUT2D eigenvalue weighted by Crippen LogP contribution is -2.33. The van der Waals surface area contributed by atoms with E-state index in [2.05, 4.69) is 4.99 Å². The summed E-state index contributed by atoms with van der Waals surface area (Å²) in [7, 11) is 0. The van der Waals surface area contributed by atoms with Gasteiger partial charge in [-0.05, 0) is 72.4 Å². The average molecular weight is 357 g/mol. The summed E-state index contributed by atoms with van der Waals surface area (Å²) in [6, 6.07) is 3.43. The highest BCUT2D eigenvalue weighted by Gasteiger charge is 2.38. The third-order valence-corrected chi connectivity index (χ3v) is 4.61. The summed E-state index contributed by atoms with van der Waals surface area (Å²) in [6.45, 7) is 3.71. The predicted octanol–water partition coefficient (Wildman–Crippen LogP) is 3.70. The van der Waals surface area contributed by atoms with E-state index >= 15 is 0 Å². The lowest BCUT2D eigenvalue weighted by molar-refractivity contribution is -0.122. The molecule has 94 valence electrons. The lowest BCUT2D eigenvalue weighted by atomic mass is 9.78. The van der Waals surface area contributed by atoms with E-state index in [0.717, 1.165) is 29.5 Å². The predicted molar refractivity (Wildman–Crippen MR) is 77.0 cm³/mol. The molecule has 1 aromatic rings. The van der Waals surface area contributed by atoms with Crippen LogP contribution in [0.4, 0.5) is 4.39 Å². The van der Waals surface area contributed by atoms with Gasteiger partial charge in [-0.1, -0.05) is 6.07 Å². The Bertz CT molecular complexity index is 588. The van der Waals surface area contributed by atoms with Gasteiger partial charge in [0, 0.05) is 5.56 Å². The molecule has 0 aromatic heterocycles. The largest absolute Gasteiger partial charge is 0.272 e. The summed E-state index contributed by atoms with van der Waals surface area (Å²) in [5.41, 5.74) is 1.79. The Morgan fingerprint density at radius 2 is 2.06 bits per heavy atom. The standard InChI is InChI=1S/C14H13FINO/c1-14(2)10-5-8(7-3-4-7)11(15)6-9(10)12(16)17-13(14)18/h5-7H,3-4H2,1-2H3. The van der Waals surface area contributed by atoms with E-state index in [9.17, 15) is 9.18 Å². The Labute approximate surface area is 119 Å². The normalized spacial score (nSPS) is 21.6. The highest BCUT2D eigenvalue weighted by Crippen LogP contribution is 2.44. The van der Waals surface area contributed by atoms with Gasteiger partial charge in [-0.3, -0.25) is 4.79 Å². The fraction of sp³-hybridized carbons (Fsp3) is 0.429. The fourth-order valence-electron chi connectivity index (χ4n) is 2.39. The third-order valence-electron chi connectivity index (χ3n) is 3.78. The smallest absolute Gasteiger partial charge is 0.256 e. The molecule has 0 saturated heterocycles. The first-order valence-electron chi connectivity index (χ1n) is 6.04. The van der Waals surface area contributed by atoms with E-state index < -0.39 is 5.41 Å². The minimum absolute atomic E-state index is 0.146. The summed E-state index contributed by atoms with van der Waals surface area (Å²) in [5, 5.41) is 0. The number of nitrogens with zero attached hydrogens (tertiary/aromatic N) is 1. The molecule has 0 spiro atoms. The van der Waals surface area contributed by atoms with Crippen LogP contribution in [-0.2, 0) is 10.2 Å². The molecule has 1 fully saturated rings. The Hall–Kier alpha value is -0.780. The second-order valence-corrected chi connectivity index (χ2v) is 6.55. The number of halogens is 2. The van der Waals surface area contributed by atoms with Gasteiger partial charge < -0.3 is 0 Å². The lowest BCUT2D eigenvalue weighted by Gasteiger charge is -2.28. The highest BCUT2D eigenvalue weighted by molar-refractivity contribution is 14.1. The van der Waals surface area contributed by atoms with Crippen molar-refractivity contribution >= 4 is 32.2 Å². The number of carbonyl (C=O) groups excluding carboxylic acids is 1. The van der Waals surface area contributed by atoms with Gasteiger partial charge in [-0.2, -0.15) is 0 Å². The van der Waals surface area contributed by atoms with Crippen LogP contribution in [0.5, 0.6) is 0 Å². The van der Waals surface area contributed by atoms with Gasteiger partial charge in [-0.15, -0.1) is 0 Å². The van der Waals surface area contributed by atoms with Crippen molar-refractivity contribution in [2.24, 2.45) is 4.99 Å². The highest BCUT2D eigenvalue weighted by atomic mass is 127. The molecule has 0 N–H and O–H groups in total. The number of hydrogen-bond acceptors (Lipinski definition) is 1. The molecule has 1 aliphatic heterocycles. The molecule has 3 rings (SSSR count). The molecular formula is C14H13FINO. The molecule has 18 heavy (non-hydrogen) atoms. The van der Waals surface area contributed by atoms with Crippen molar-refractivity contribution in [2.75, 3.05) is 0 Å². The van der Waals surface area contributed by atoms with E-state index in [0.29, 0.717) is 9.64 Å². The van der Waals surface area contributed by atoms with E-state index in [4.69, 9.17) is 0 Å². The molecule has 0 atom stereocenters. The Kier molecular flexibility index (Phi) is 2.63. The van der Waals surface area contributed by atoms with Crippen LogP contribution in [0.2, 0.25) is 0 Å². The number of fused-ring (bicyclic) bond motifs is 1. The van der Waals surface area contributed by atoms with Gasteiger partial charge in [0.1, 0.15) is 9.54 Å². The molecule has 1 aromatic carbocycles. The van der Waals surface area contributed by atoms with Gasteiger partial charge in [0.15, 0.2) is 0 Å². The van der Waals surface area contributed by atoms with E-state index in [-0.39, 0.29) is 11.7 Å². The van der Waals surface area contributed by atoms with Gasteiger partial charge in [-0.25, -0.2) is 9.38 Å². The van der Waals surface area contributed by atoms with Crippen LogP contribution in [0.1, 0.15) is 49.3 Å². The summed E-state index contributed by atoms with van der Waals surface area (Å²) in [5.74, 6) is 0.0382. The van der Waals surface area contributed by atoms with E-state index in [1.54, 1.807) is 6.07 Å². The second kappa shape index (κ2) is 3.85. The van der Waals surface area contributed by atoms with Crippen molar-refractivity contribution in [1.82, 2.24) is 0 Å². The van der Waals surface area contributed by atoms with E-state index in [1.807, 2.05) is 42.5 Å². The Morgan fingerprint density at radius 3 is 2.67 bits per heavy atom. The van der Waals surface area contributed by atoms with E-state index in [1.165, 1.54) is 0 Å². The van der Waals surface area contributed by atoms with Crippen molar-refractivity contribution in [3.05, 3.63) is 34.6 Å². The first-order chi connectivity index (χ1) is 8.41. The number of aliphatic imine (C=N–C) groups is 1. The molecule has 1 saturated carbocycles. The van der Waals surface area contributed by atoms with Crippen LogP contribution < -0.4 is 0 Å². The van der Waals surface area contributed by atoms with Crippen LogP contribution in [0, 0.1) is 5.82 Å². The van der Waals surface area contributed by atoms with Crippen molar-refractivity contribution < 1.29 is 9.18 Å². The van der Waals surface area contributed by atoms with Gasteiger partial charge >= 0.3 is 0 Å². The quantitative estimate of drug-likeness (QED) is 0.705. The minimum Gasteiger partial charge on any atom is -0.272 e. The van der Waals surface area contributed by atoms with Crippen molar-refractivity contribution in [3.63, 3.8) is 0 Å². The second-order valence-electron chi connectivity index (χ2n) is 5.53. The summed E-state index contributed by atoms with van der Waals surface area (Å²) in [6.07, 6.45) is 2.10. The van der Waals surface area contributed by atoms with Gasteiger partial charge in [0.05, 0.1) is 5.41 Å². The number of rotatable bonds is 1. The third kappa shape index (κ3) is 1.73. The monoisotopic (exact) mass is 357 g/mol. The number of amides is 1. The molecule has 2 aliphatic rings. The number of carbonyl (C=O) groups is 1. The van der Waals surface area contributed by atoms with Gasteiger partial charge in [0.25, 0.3) is 5.91 Å². The fourth-order valence-corrected chi connectivity index (χ4v) is 3.05. The maximum absolute atomic E-state index is 14.0. The Morgan fingerprint density at radius 1 is 1.39 bits per heavy atom. The molecule has 2 nitrogen and oxygen atoms in total. The molecule has 1 aliphatic carbocycles. The molecule has 0 radical (unpaired) electrons. The van der Waals surface area contributed by atoms with Gasteiger partial charge in [0.2, 0.25) is 0 Å². The zero-order valence-corrected chi connectivity index (χ0v) is 12.4. The van der Waals surface area contributed by atoms with Crippen molar-refractivity contribution in [3.8, 4) is 0 Å². The van der Waals surface area contributed by atoms with Crippen LogP contribution in [-0.4, -0.2) is 9.63 Å². The first-order valence-corrected chi connectivity index (χ1v) is 7.12. The molecule has 0 unspecified atom stereocenters. The zero-order valence-electron chi connectivity index (χ0n) is 10.3. The summed E-state index contributed by atoms with van der Waals surface area (Å²) in [4.78, 5) is 16.0. The molecular weight excluding hydrogens is 344 g/mol. The van der Waals surface area contributed by atoms with Crippen molar-refractivity contribution in [1.29, 1.82) is 0 Å². The van der Waals surface area contributed by atoms with Crippen molar-refractivity contribution in [2.45, 2.75) is 38.0 Å². The first kappa shape index (κ1) is 12.3. The number of benzene rings is 1. The molecule has 1 heterocycles. The van der Waals surface area contributed by atoms with Crippen LogP contribution in [0.3, 0.4) is 0 Å². The molecule has 4 heteroatoms. The Balaban J connectivity index is 2.25. The summed E-state index contributed by atoms with van der Waals surface area (Å²) < 4.78 is 14.6. The SMILES string of the molecule is CC1(C)C(=O)N=C(I)c2cc(F)c(C3CC3)cc21. The maximum Gasteiger partial charge on any atom is 0.256 e. The molecule has 0 bridgehead atoms. The summed E-state index contributed by atoms with van der Waals surface area (Å²) >= 11 is 2.00. The zero-order chi connectivity index (χ0) is 13.1. The van der Waals surface area contributed by atoms with Crippen LogP contribution >= 0.6 is 22.6 Å².